The number of carbonyl (C=O) groups is 1. The Morgan fingerprint density at radius 2 is 2.05 bits per heavy atom. The molecule has 0 aromatic heterocycles. The van der Waals surface area contributed by atoms with Crippen LogP contribution in [0, 0.1) is 5.92 Å². The molecule has 0 heterocycles. The fraction of sp³-hybridized carbons (Fsp3) is 0.533. The number of Topliss-reactive ketones (excluding diaryl/α,β-unsaturated/α-hetero) is 1. The minimum Gasteiger partial charge on any atom is -0.298 e. The Morgan fingerprint density at radius 1 is 1.48 bits per heavy atom. The number of likely N-dealkylation sites (N-methyl/N-ethyl adjacent to an activating group) is 1. The van der Waals surface area contributed by atoms with Crippen LogP contribution < -0.4 is 0 Å². The van der Waals surface area contributed by atoms with E-state index in [9.17, 15) is 18.0 Å². The van der Waals surface area contributed by atoms with Crippen LogP contribution in [0.3, 0.4) is 0 Å². The van der Waals surface area contributed by atoms with Gasteiger partial charge >= 0.3 is 6.18 Å². The van der Waals surface area contributed by atoms with Crippen molar-refractivity contribution >= 4 is 21.7 Å². The van der Waals surface area contributed by atoms with Crippen molar-refractivity contribution in [1.29, 1.82) is 0 Å². The number of nitrogens with zero attached hydrogens (tertiary/aromatic N) is 1. The standard InChI is InChI=1S/C15H19BrF3NO/c1-4-11-8-7-9-14(15(17,18)19,20(5-2)6-3)13(11)12(21)10-16/h4,7-9,13H,1,5-6,10H2,2-3H3. The fourth-order valence-electron chi connectivity index (χ4n) is 2.92. The highest BCUT2D eigenvalue weighted by Crippen LogP contribution is 2.47. The lowest BCUT2D eigenvalue weighted by Crippen LogP contribution is -2.64. The zero-order valence-electron chi connectivity index (χ0n) is 12.1. The summed E-state index contributed by atoms with van der Waals surface area (Å²) in [7, 11) is 0. The van der Waals surface area contributed by atoms with E-state index in [1.54, 1.807) is 13.8 Å². The third-order valence-electron chi connectivity index (χ3n) is 3.84. The summed E-state index contributed by atoms with van der Waals surface area (Å²) in [5.74, 6) is -1.81. The van der Waals surface area contributed by atoms with Gasteiger partial charge in [0.2, 0.25) is 0 Å². The molecule has 2 unspecified atom stereocenters. The molecule has 118 valence electrons. The predicted molar refractivity (Wildman–Crippen MR) is 81.4 cm³/mol. The highest BCUT2D eigenvalue weighted by Gasteiger charge is 2.63. The van der Waals surface area contributed by atoms with Gasteiger partial charge in [-0.1, -0.05) is 60.7 Å². The lowest BCUT2D eigenvalue weighted by atomic mass is 9.71. The first-order chi connectivity index (χ1) is 9.79. The average molecular weight is 366 g/mol. The first kappa shape index (κ1) is 18.2. The van der Waals surface area contributed by atoms with Crippen LogP contribution in [0.25, 0.3) is 0 Å². The Balaban J connectivity index is 3.59. The van der Waals surface area contributed by atoms with Crippen LogP contribution in [-0.4, -0.2) is 40.8 Å². The lowest BCUT2D eigenvalue weighted by molar-refractivity contribution is -0.226. The second kappa shape index (κ2) is 6.92. The second-order valence-corrected chi connectivity index (χ2v) is 5.32. The van der Waals surface area contributed by atoms with Gasteiger partial charge in [0.05, 0.1) is 11.2 Å². The third-order valence-corrected chi connectivity index (χ3v) is 4.40. The summed E-state index contributed by atoms with van der Waals surface area (Å²) < 4.78 is 41.9. The second-order valence-electron chi connectivity index (χ2n) is 4.76. The first-order valence-corrected chi connectivity index (χ1v) is 7.84. The van der Waals surface area contributed by atoms with Crippen molar-refractivity contribution in [3.63, 3.8) is 0 Å². The molecule has 1 aliphatic carbocycles. The number of rotatable bonds is 6. The molecular weight excluding hydrogens is 347 g/mol. The van der Waals surface area contributed by atoms with E-state index in [0.29, 0.717) is 5.57 Å². The van der Waals surface area contributed by atoms with Crippen LogP contribution in [0.5, 0.6) is 0 Å². The van der Waals surface area contributed by atoms with Crippen molar-refractivity contribution in [3.8, 4) is 0 Å². The van der Waals surface area contributed by atoms with Gasteiger partial charge in [0, 0.05) is 0 Å². The number of carbonyl (C=O) groups excluding carboxylic acids is 1. The van der Waals surface area contributed by atoms with Crippen LogP contribution in [0.15, 0.2) is 36.5 Å². The number of ketones is 1. The van der Waals surface area contributed by atoms with Crippen molar-refractivity contribution < 1.29 is 18.0 Å². The Labute approximate surface area is 131 Å². The van der Waals surface area contributed by atoms with Gasteiger partial charge in [0.1, 0.15) is 0 Å². The first-order valence-electron chi connectivity index (χ1n) is 6.72. The fourth-order valence-corrected chi connectivity index (χ4v) is 3.24. The normalized spacial score (nSPS) is 25.9. The average Bonchev–Trinajstić information content (AvgIpc) is 2.46. The van der Waals surface area contributed by atoms with Gasteiger partial charge in [-0.2, -0.15) is 13.2 Å². The van der Waals surface area contributed by atoms with Crippen LogP contribution >= 0.6 is 15.9 Å². The quantitative estimate of drug-likeness (QED) is 0.665. The van der Waals surface area contributed by atoms with Crippen molar-refractivity contribution in [2.24, 2.45) is 5.92 Å². The topological polar surface area (TPSA) is 20.3 Å². The SMILES string of the molecule is C=CC1=CC=CC(N(CC)CC)(C(F)(F)F)C1C(=O)CBr. The minimum absolute atomic E-state index is 0.129. The van der Waals surface area contributed by atoms with E-state index in [2.05, 4.69) is 22.5 Å². The van der Waals surface area contributed by atoms with Gasteiger partial charge in [-0.05, 0) is 18.7 Å². The maximum Gasteiger partial charge on any atom is 0.411 e. The van der Waals surface area contributed by atoms with Crippen LogP contribution in [-0.2, 0) is 4.79 Å². The monoisotopic (exact) mass is 365 g/mol. The molecule has 0 amide bonds. The molecule has 0 saturated heterocycles. The van der Waals surface area contributed by atoms with Gasteiger partial charge in [0.25, 0.3) is 0 Å². The number of allylic oxidation sites excluding steroid dienone is 3. The maximum absolute atomic E-state index is 14.0. The van der Waals surface area contributed by atoms with E-state index in [4.69, 9.17) is 0 Å². The molecule has 0 saturated carbocycles. The van der Waals surface area contributed by atoms with Gasteiger partial charge in [-0.3, -0.25) is 9.69 Å². The molecule has 0 bridgehead atoms. The van der Waals surface area contributed by atoms with Gasteiger partial charge in [0.15, 0.2) is 11.3 Å². The molecule has 2 nitrogen and oxygen atoms in total. The Bertz CT molecular complexity index is 466. The van der Waals surface area contributed by atoms with Gasteiger partial charge in [-0.15, -0.1) is 0 Å². The molecule has 0 aromatic rings. The summed E-state index contributed by atoms with van der Waals surface area (Å²) in [5.41, 5.74) is -2.02. The minimum atomic E-state index is -4.57. The van der Waals surface area contributed by atoms with Gasteiger partial charge in [-0.25, -0.2) is 0 Å². The van der Waals surface area contributed by atoms with Crippen LogP contribution in [0.4, 0.5) is 13.2 Å². The summed E-state index contributed by atoms with van der Waals surface area (Å²) in [5, 5.41) is -0.129. The number of alkyl halides is 4. The summed E-state index contributed by atoms with van der Waals surface area (Å²) in [6.07, 6.45) is 0.740. The number of hydrogen-bond donors (Lipinski definition) is 0. The molecule has 1 rings (SSSR count). The highest BCUT2D eigenvalue weighted by atomic mass is 79.9. The molecule has 6 heteroatoms. The van der Waals surface area contributed by atoms with Crippen molar-refractivity contribution in [2.45, 2.75) is 25.6 Å². The van der Waals surface area contributed by atoms with E-state index in [0.717, 1.165) is 6.08 Å². The molecule has 1 aliphatic rings. The predicted octanol–water partition coefficient (Wildman–Crippen LogP) is 3.89. The van der Waals surface area contributed by atoms with E-state index in [1.165, 1.54) is 23.1 Å². The van der Waals surface area contributed by atoms with E-state index in [-0.39, 0.29) is 18.4 Å². The van der Waals surface area contributed by atoms with E-state index in [1.807, 2.05) is 0 Å². The van der Waals surface area contributed by atoms with Crippen LogP contribution in [0.1, 0.15) is 13.8 Å². The zero-order chi connectivity index (χ0) is 16.3. The van der Waals surface area contributed by atoms with E-state index >= 15 is 0 Å². The van der Waals surface area contributed by atoms with Crippen LogP contribution in [0.2, 0.25) is 0 Å². The molecule has 0 spiro atoms. The number of halogens is 4. The Hall–Kier alpha value is -0.880. The molecule has 0 radical (unpaired) electrons. The summed E-state index contributed by atoms with van der Waals surface area (Å²) in [6, 6.07) is 0. The number of hydrogen-bond acceptors (Lipinski definition) is 2. The Kier molecular flexibility index (Phi) is 5.99. The molecule has 21 heavy (non-hydrogen) atoms. The van der Waals surface area contributed by atoms with E-state index < -0.39 is 23.4 Å². The summed E-state index contributed by atoms with van der Waals surface area (Å²) >= 11 is 3.00. The smallest absolute Gasteiger partial charge is 0.298 e. The van der Waals surface area contributed by atoms with Crippen molar-refractivity contribution in [3.05, 3.63) is 36.5 Å². The molecule has 0 aromatic carbocycles. The Morgan fingerprint density at radius 3 is 2.43 bits per heavy atom. The molecule has 2 atom stereocenters. The maximum atomic E-state index is 14.0. The molecule has 0 aliphatic heterocycles. The van der Waals surface area contributed by atoms with Crippen molar-refractivity contribution in [2.75, 3.05) is 18.4 Å². The molecule has 0 fully saturated rings. The van der Waals surface area contributed by atoms with Gasteiger partial charge < -0.3 is 0 Å². The third kappa shape index (κ3) is 3.01. The lowest BCUT2D eigenvalue weighted by Gasteiger charge is -2.48. The zero-order valence-corrected chi connectivity index (χ0v) is 13.7. The van der Waals surface area contributed by atoms with Crippen molar-refractivity contribution in [1.82, 2.24) is 4.90 Å². The molecule has 0 N–H and O–H groups in total. The largest absolute Gasteiger partial charge is 0.411 e. The summed E-state index contributed by atoms with van der Waals surface area (Å²) in [4.78, 5) is 13.5. The molecular formula is C15H19BrF3NO. The summed E-state index contributed by atoms with van der Waals surface area (Å²) in [6.45, 7) is 7.26. The highest BCUT2D eigenvalue weighted by molar-refractivity contribution is 9.09.